The lowest BCUT2D eigenvalue weighted by atomic mass is 10.2. The van der Waals surface area contributed by atoms with E-state index in [2.05, 4.69) is 15.2 Å². The SMILES string of the molecule is CC(C)(C)OC(=O)N1CCC(n2cnnc2-c2cccc(N)n2)C1. The van der Waals surface area contributed by atoms with E-state index in [0.29, 0.717) is 30.4 Å². The monoisotopic (exact) mass is 330 g/mol. The Bertz CT molecular complexity index is 736. The predicted octanol–water partition coefficient (Wildman–Crippen LogP) is 2.10. The topological polar surface area (TPSA) is 99.2 Å². The molecule has 128 valence electrons. The number of nitrogens with zero attached hydrogens (tertiary/aromatic N) is 5. The van der Waals surface area contributed by atoms with E-state index in [1.54, 1.807) is 17.3 Å². The van der Waals surface area contributed by atoms with Crippen LogP contribution in [0.15, 0.2) is 24.5 Å². The standard InChI is InChI=1S/C16H22N6O2/c1-16(2,3)24-15(23)21-8-7-11(9-21)22-10-18-20-14(22)12-5-4-6-13(17)19-12/h4-6,10-11H,7-9H2,1-3H3,(H2,17,19). The zero-order chi connectivity index (χ0) is 17.3. The number of likely N-dealkylation sites (tertiary alicyclic amines) is 1. The third kappa shape index (κ3) is 3.47. The van der Waals surface area contributed by atoms with E-state index in [1.165, 1.54) is 0 Å². The van der Waals surface area contributed by atoms with Crippen LogP contribution in [0.5, 0.6) is 0 Å². The van der Waals surface area contributed by atoms with Crippen LogP contribution in [0.4, 0.5) is 10.6 Å². The maximum atomic E-state index is 12.2. The van der Waals surface area contributed by atoms with Crippen molar-refractivity contribution in [2.24, 2.45) is 0 Å². The van der Waals surface area contributed by atoms with E-state index in [1.807, 2.05) is 37.5 Å². The Morgan fingerprint density at radius 1 is 1.38 bits per heavy atom. The molecule has 24 heavy (non-hydrogen) atoms. The van der Waals surface area contributed by atoms with E-state index >= 15 is 0 Å². The van der Waals surface area contributed by atoms with Crippen molar-refractivity contribution >= 4 is 11.9 Å². The second kappa shape index (κ2) is 6.10. The van der Waals surface area contributed by atoms with Gasteiger partial charge in [0.05, 0.1) is 6.04 Å². The lowest BCUT2D eigenvalue weighted by Gasteiger charge is -2.24. The highest BCUT2D eigenvalue weighted by Crippen LogP contribution is 2.27. The molecule has 0 aromatic carbocycles. The van der Waals surface area contributed by atoms with E-state index in [9.17, 15) is 4.79 Å². The first-order valence-electron chi connectivity index (χ1n) is 7.94. The van der Waals surface area contributed by atoms with Gasteiger partial charge in [-0.1, -0.05) is 6.07 Å². The molecule has 8 nitrogen and oxygen atoms in total. The summed E-state index contributed by atoms with van der Waals surface area (Å²) in [6.07, 6.45) is 2.19. The predicted molar refractivity (Wildman–Crippen MR) is 89.1 cm³/mol. The van der Waals surface area contributed by atoms with E-state index in [-0.39, 0.29) is 12.1 Å². The zero-order valence-electron chi connectivity index (χ0n) is 14.1. The molecule has 2 aromatic heterocycles. The Hall–Kier alpha value is -2.64. The van der Waals surface area contributed by atoms with Crippen LogP contribution >= 0.6 is 0 Å². The summed E-state index contributed by atoms with van der Waals surface area (Å²) in [6.45, 7) is 6.79. The smallest absolute Gasteiger partial charge is 0.410 e. The van der Waals surface area contributed by atoms with Crippen molar-refractivity contribution in [2.75, 3.05) is 18.8 Å². The third-order valence-electron chi connectivity index (χ3n) is 3.78. The number of rotatable bonds is 2. The number of nitrogen functional groups attached to an aromatic ring is 1. The Kier molecular flexibility index (Phi) is 4.13. The molecule has 1 fully saturated rings. The summed E-state index contributed by atoms with van der Waals surface area (Å²) in [7, 11) is 0. The van der Waals surface area contributed by atoms with Crippen LogP contribution in [-0.2, 0) is 4.74 Å². The van der Waals surface area contributed by atoms with Crippen LogP contribution in [0.2, 0.25) is 0 Å². The fraction of sp³-hybridized carbons (Fsp3) is 0.500. The molecular formula is C16H22N6O2. The second-order valence-electron chi connectivity index (χ2n) is 6.88. The van der Waals surface area contributed by atoms with Crippen molar-refractivity contribution in [3.63, 3.8) is 0 Å². The van der Waals surface area contributed by atoms with Gasteiger partial charge in [0.15, 0.2) is 5.82 Å². The lowest BCUT2D eigenvalue weighted by molar-refractivity contribution is 0.0289. The number of carbonyl (C=O) groups is 1. The van der Waals surface area contributed by atoms with E-state index in [0.717, 1.165) is 6.42 Å². The molecule has 0 spiro atoms. The van der Waals surface area contributed by atoms with Gasteiger partial charge in [-0.25, -0.2) is 9.78 Å². The Morgan fingerprint density at radius 3 is 2.88 bits per heavy atom. The molecule has 1 aliphatic rings. The second-order valence-corrected chi connectivity index (χ2v) is 6.88. The van der Waals surface area contributed by atoms with Crippen LogP contribution in [0.1, 0.15) is 33.2 Å². The first-order chi connectivity index (χ1) is 11.3. The maximum Gasteiger partial charge on any atom is 0.410 e. The van der Waals surface area contributed by atoms with Gasteiger partial charge in [0.25, 0.3) is 0 Å². The minimum absolute atomic E-state index is 0.0887. The van der Waals surface area contributed by atoms with Gasteiger partial charge in [-0.2, -0.15) is 0 Å². The molecule has 2 N–H and O–H groups in total. The number of hydrogen-bond acceptors (Lipinski definition) is 6. The van der Waals surface area contributed by atoms with Crippen molar-refractivity contribution in [1.29, 1.82) is 0 Å². The molecule has 1 aliphatic heterocycles. The minimum atomic E-state index is -0.498. The average molecular weight is 330 g/mol. The molecule has 8 heteroatoms. The molecule has 0 aliphatic carbocycles. The number of amides is 1. The van der Waals surface area contributed by atoms with Gasteiger partial charge in [0.1, 0.15) is 23.4 Å². The number of carbonyl (C=O) groups excluding carboxylic acids is 1. The molecule has 3 heterocycles. The maximum absolute atomic E-state index is 12.2. The van der Waals surface area contributed by atoms with Gasteiger partial charge in [-0.3, -0.25) is 0 Å². The van der Waals surface area contributed by atoms with Crippen molar-refractivity contribution < 1.29 is 9.53 Å². The summed E-state index contributed by atoms with van der Waals surface area (Å²) in [5, 5.41) is 8.16. The van der Waals surface area contributed by atoms with Crippen LogP contribution in [0.3, 0.4) is 0 Å². The van der Waals surface area contributed by atoms with E-state index < -0.39 is 5.60 Å². The molecule has 2 aromatic rings. The number of ether oxygens (including phenoxy) is 1. The molecule has 1 amide bonds. The van der Waals surface area contributed by atoms with Gasteiger partial charge in [0, 0.05) is 13.1 Å². The summed E-state index contributed by atoms with van der Waals surface area (Å²) in [6, 6.07) is 5.49. The summed E-state index contributed by atoms with van der Waals surface area (Å²) in [5.41, 5.74) is 5.92. The quantitative estimate of drug-likeness (QED) is 0.905. The van der Waals surface area contributed by atoms with Gasteiger partial charge in [-0.15, -0.1) is 10.2 Å². The first kappa shape index (κ1) is 16.2. The highest BCUT2D eigenvalue weighted by molar-refractivity contribution is 5.68. The van der Waals surface area contributed by atoms with Gasteiger partial charge in [-0.05, 0) is 39.3 Å². The van der Waals surface area contributed by atoms with Crippen molar-refractivity contribution in [3.8, 4) is 11.5 Å². The minimum Gasteiger partial charge on any atom is -0.444 e. The van der Waals surface area contributed by atoms with Crippen LogP contribution in [-0.4, -0.2) is 49.4 Å². The molecule has 0 bridgehead atoms. The highest BCUT2D eigenvalue weighted by atomic mass is 16.6. The van der Waals surface area contributed by atoms with Crippen LogP contribution < -0.4 is 5.73 Å². The van der Waals surface area contributed by atoms with E-state index in [4.69, 9.17) is 10.5 Å². The number of pyridine rings is 1. The molecule has 0 saturated carbocycles. The average Bonchev–Trinajstić information content (AvgIpc) is 3.14. The van der Waals surface area contributed by atoms with Gasteiger partial charge < -0.3 is 19.9 Å². The fourth-order valence-corrected chi connectivity index (χ4v) is 2.73. The zero-order valence-corrected chi connectivity index (χ0v) is 14.1. The van der Waals surface area contributed by atoms with Crippen molar-refractivity contribution in [2.45, 2.75) is 38.8 Å². The Labute approximate surface area is 140 Å². The van der Waals surface area contributed by atoms with Crippen LogP contribution in [0, 0.1) is 0 Å². The van der Waals surface area contributed by atoms with Gasteiger partial charge in [0.2, 0.25) is 0 Å². The Morgan fingerprint density at radius 2 is 2.17 bits per heavy atom. The summed E-state index contributed by atoms with van der Waals surface area (Å²) >= 11 is 0. The number of aromatic nitrogens is 4. The molecule has 3 rings (SSSR count). The van der Waals surface area contributed by atoms with Crippen molar-refractivity contribution in [1.82, 2.24) is 24.6 Å². The molecule has 1 saturated heterocycles. The summed E-state index contributed by atoms with van der Waals surface area (Å²) in [4.78, 5) is 18.2. The fourth-order valence-electron chi connectivity index (χ4n) is 2.73. The number of nitrogens with two attached hydrogens (primary N) is 1. The molecule has 1 atom stereocenters. The molecule has 0 radical (unpaired) electrons. The third-order valence-corrected chi connectivity index (χ3v) is 3.78. The lowest BCUT2D eigenvalue weighted by Crippen LogP contribution is -2.35. The summed E-state index contributed by atoms with van der Waals surface area (Å²) in [5.74, 6) is 1.09. The van der Waals surface area contributed by atoms with Gasteiger partial charge >= 0.3 is 6.09 Å². The first-order valence-corrected chi connectivity index (χ1v) is 7.94. The summed E-state index contributed by atoms with van der Waals surface area (Å²) < 4.78 is 7.39. The number of anilines is 1. The van der Waals surface area contributed by atoms with Crippen LogP contribution in [0.25, 0.3) is 11.5 Å². The Balaban J connectivity index is 1.76. The molecular weight excluding hydrogens is 308 g/mol. The highest BCUT2D eigenvalue weighted by Gasteiger charge is 2.32. The van der Waals surface area contributed by atoms with Crippen molar-refractivity contribution in [3.05, 3.63) is 24.5 Å². The largest absolute Gasteiger partial charge is 0.444 e. The normalized spacial score (nSPS) is 18.0. The number of hydrogen-bond donors (Lipinski definition) is 1. The molecule has 1 unspecified atom stereocenters.